The van der Waals surface area contributed by atoms with Gasteiger partial charge in [0.1, 0.15) is 5.60 Å². The first-order valence-electron chi connectivity index (χ1n) is 12.2. The van der Waals surface area contributed by atoms with Crippen molar-refractivity contribution >= 4 is 27.0 Å². The van der Waals surface area contributed by atoms with Crippen LogP contribution < -0.4 is 0 Å². The Labute approximate surface area is 217 Å². The molecular weight excluding hydrogens is 488 g/mol. The Balaban J connectivity index is 1.58. The van der Waals surface area contributed by atoms with E-state index in [1.165, 1.54) is 9.04 Å². The summed E-state index contributed by atoms with van der Waals surface area (Å²) in [7, 11) is -3.82. The van der Waals surface area contributed by atoms with Gasteiger partial charge in [-0.2, -0.15) is 5.06 Å². The summed E-state index contributed by atoms with van der Waals surface area (Å²) in [5.74, 6) is -0.110. The molecule has 8 heteroatoms. The maximum absolute atomic E-state index is 13.6. The molecule has 4 aromatic rings. The van der Waals surface area contributed by atoms with E-state index in [0.717, 1.165) is 16.5 Å². The second kappa shape index (κ2) is 9.68. The highest BCUT2D eigenvalue weighted by molar-refractivity contribution is 7.90. The van der Waals surface area contributed by atoms with Gasteiger partial charge in [-0.15, -0.1) is 0 Å². The van der Waals surface area contributed by atoms with Crippen molar-refractivity contribution in [3.05, 3.63) is 102 Å². The van der Waals surface area contributed by atoms with Gasteiger partial charge in [-0.1, -0.05) is 66.7 Å². The molecule has 5 rings (SSSR count). The SMILES string of the molecule is CC(C)(C)OC(=O)N1OC[C@@H](c2ccccc2)[C@@H]1Cc1cn(S(=O)(=O)c2ccccc2)c2ccccc12. The van der Waals surface area contributed by atoms with Crippen LogP contribution in [-0.4, -0.2) is 41.8 Å². The van der Waals surface area contributed by atoms with E-state index in [9.17, 15) is 13.2 Å². The molecule has 1 aromatic heterocycles. The van der Waals surface area contributed by atoms with Gasteiger partial charge < -0.3 is 4.74 Å². The second-order valence-corrected chi connectivity index (χ2v) is 12.0. The highest BCUT2D eigenvalue weighted by Crippen LogP contribution is 2.36. The fourth-order valence-corrected chi connectivity index (χ4v) is 6.19. The minimum Gasteiger partial charge on any atom is -0.442 e. The molecule has 0 aliphatic carbocycles. The maximum Gasteiger partial charge on any atom is 0.434 e. The number of aromatic nitrogens is 1. The predicted octanol–water partition coefficient (Wildman–Crippen LogP) is 5.76. The molecule has 0 spiro atoms. The largest absolute Gasteiger partial charge is 0.442 e. The van der Waals surface area contributed by atoms with Gasteiger partial charge in [-0.05, 0) is 56.5 Å². The van der Waals surface area contributed by atoms with E-state index in [0.29, 0.717) is 18.5 Å². The number of hydrogen-bond donors (Lipinski definition) is 0. The molecule has 0 N–H and O–H groups in total. The van der Waals surface area contributed by atoms with Gasteiger partial charge in [0, 0.05) is 17.5 Å². The van der Waals surface area contributed by atoms with Crippen LogP contribution in [0.15, 0.2) is 96.0 Å². The van der Waals surface area contributed by atoms with Gasteiger partial charge in [-0.3, -0.25) is 4.84 Å². The Morgan fingerprint density at radius 2 is 1.57 bits per heavy atom. The van der Waals surface area contributed by atoms with Crippen molar-refractivity contribution in [3.63, 3.8) is 0 Å². The molecule has 37 heavy (non-hydrogen) atoms. The maximum atomic E-state index is 13.6. The van der Waals surface area contributed by atoms with Crippen molar-refractivity contribution in [2.24, 2.45) is 0 Å². The Morgan fingerprint density at radius 3 is 2.24 bits per heavy atom. The topological polar surface area (TPSA) is 77.8 Å². The number of nitrogens with zero attached hydrogens (tertiary/aromatic N) is 2. The van der Waals surface area contributed by atoms with Crippen molar-refractivity contribution in [3.8, 4) is 0 Å². The van der Waals surface area contributed by atoms with E-state index in [1.54, 1.807) is 42.6 Å². The molecule has 0 bridgehead atoms. The number of carbonyl (C=O) groups is 1. The number of amides is 1. The average molecular weight is 519 g/mol. The highest BCUT2D eigenvalue weighted by Gasteiger charge is 2.42. The number of hydrogen-bond acceptors (Lipinski definition) is 5. The fourth-order valence-electron chi connectivity index (χ4n) is 4.78. The number of benzene rings is 3. The van der Waals surface area contributed by atoms with Crippen LogP contribution in [0.25, 0.3) is 10.9 Å². The molecule has 1 fully saturated rings. The van der Waals surface area contributed by atoms with Crippen molar-refractivity contribution < 1.29 is 22.8 Å². The molecule has 0 saturated carbocycles. The number of carbonyl (C=O) groups excluding carboxylic acids is 1. The van der Waals surface area contributed by atoms with Crippen LogP contribution in [0.2, 0.25) is 0 Å². The predicted molar refractivity (Wildman–Crippen MR) is 142 cm³/mol. The van der Waals surface area contributed by atoms with Crippen molar-refractivity contribution in [2.45, 2.75) is 49.6 Å². The summed E-state index contributed by atoms with van der Waals surface area (Å²) in [4.78, 5) is 19.2. The third-order valence-corrected chi connectivity index (χ3v) is 8.14. The van der Waals surface area contributed by atoms with Crippen LogP contribution in [0, 0.1) is 0 Å². The van der Waals surface area contributed by atoms with Crippen molar-refractivity contribution in [2.75, 3.05) is 6.61 Å². The quantitative estimate of drug-likeness (QED) is 0.336. The lowest BCUT2D eigenvalue weighted by molar-refractivity contribution is -0.124. The number of rotatable bonds is 5. The van der Waals surface area contributed by atoms with E-state index >= 15 is 0 Å². The Morgan fingerprint density at radius 1 is 0.946 bits per heavy atom. The smallest absolute Gasteiger partial charge is 0.434 e. The number of para-hydroxylation sites is 1. The highest BCUT2D eigenvalue weighted by atomic mass is 32.2. The molecule has 2 heterocycles. The molecule has 1 aliphatic rings. The minimum absolute atomic E-state index is 0.110. The van der Waals surface area contributed by atoms with Gasteiger partial charge in [0.05, 0.1) is 23.1 Å². The molecule has 3 aromatic carbocycles. The van der Waals surface area contributed by atoms with Crippen LogP contribution in [0.5, 0.6) is 0 Å². The second-order valence-electron chi connectivity index (χ2n) is 10.2. The van der Waals surface area contributed by atoms with Gasteiger partial charge >= 0.3 is 6.09 Å². The standard InChI is InChI=1S/C29H30N2O5S/c1-29(2,3)36-28(32)31-27(25(20-35-31)21-12-6-4-7-13-21)18-22-19-30(26-17-11-10-16-24(22)26)37(33,34)23-14-8-5-9-15-23/h4-17,19,25,27H,18,20H2,1-3H3/t25-,27-/m0/s1. The van der Waals surface area contributed by atoms with Gasteiger partial charge in [-0.25, -0.2) is 17.2 Å². The molecule has 7 nitrogen and oxygen atoms in total. The Hall–Kier alpha value is -3.62. The molecule has 192 valence electrons. The summed E-state index contributed by atoms with van der Waals surface area (Å²) >= 11 is 0. The first-order chi connectivity index (χ1) is 17.6. The lowest BCUT2D eigenvalue weighted by atomic mass is 9.89. The van der Waals surface area contributed by atoms with Crippen LogP contribution in [0.1, 0.15) is 37.8 Å². The van der Waals surface area contributed by atoms with Crippen LogP contribution in [0.3, 0.4) is 0 Å². The van der Waals surface area contributed by atoms with E-state index in [1.807, 2.05) is 69.3 Å². The zero-order chi connectivity index (χ0) is 26.2. The van der Waals surface area contributed by atoms with Crippen molar-refractivity contribution in [1.82, 2.24) is 9.04 Å². The Bertz CT molecular complexity index is 1510. The fraction of sp³-hybridized carbons (Fsp3) is 0.276. The molecule has 1 saturated heterocycles. The summed E-state index contributed by atoms with van der Waals surface area (Å²) in [5, 5.41) is 2.13. The third-order valence-electron chi connectivity index (χ3n) is 6.45. The van der Waals surface area contributed by atoms with Crippen LogP contribution >= 0.6 is 0 Å². The average Bonchev–Trinajstić information content (AvgIpc) is 3.47. The molecule has 1 aliphatic heterocycles. The Kier molecular flexibility index (Phi) is 6.56. The summed E-state index contributed by atoms with van der Waals surface area (Å²) in [5.41, 5.74) is 1.75. The number of ether oxygens (including phenoxy) is 1. The van der Waals surface area contributed by atoms with Crippen LogP contribution in [0.4, 0.5) is 4.79 Å². The molecule has 0 unspecified atom stereocenters. The molecular formula is C29H30N2O5S. The molecule has 0 radical (unpaired) electrons. The number of hydroxylamine groups is 2. The van der Waals surface area contributed by atoms with E-state index in [-0.39, 0.29) is 10.8 Å². The van der Waals surface area contributed by atoms with Gasteiger partial charge in [0.25, 0.3) is 10.0 Å². The number of fused-ring (bicyclic) bond motifs is 1. The van der Waals surface area contributed by atoms with Gasteiger partial charge in [0.15, 0.2) is 0 Å². The zero-order valence-corrected chi connectivity index (χ0v) is 21.9. The monoisotopic (exact) mass is 518 g/mol. The summed E-state index contributed by atoms with van der Waals surface area (Å²) in [6.45, 7) is 5.75. The van der Waals surface area contributed by atoms with Crippen molar-refractivity contribution in [1.29, 1.82) is 0 Å². The van der Waals surface area contributed by atoms with E-state index in [4.69, 9.17) is 9.57 Å². The lowest BCUT2D eigenvalue weighted by Gasteiger charge is -2.28. The van der Waals surface area contributed by atoms with E-state index < -0.39 is 27.8 Å². The summed E-state index contributed by atoms with van der Waals surface area (Å²) < 4.78 is 34.1. The van der Waals surface area contributed by atoms with Crippen LogP contribution in [-0.2, 0) is 26.0 Å². The van der Waals surface area contributed by atoms with Gasteiger partial charge in [0.2, 0.25) is 0 Å². The zero-order valence-electron chi connectivity index (χ0n) is 21.1. The molecule has 2 atom stereocenters. The summed E-state index contributed by atoms with van der Waals surface area (Å²) in [6.07, 6.45) is 1.49. The molecule has 1 amide bonds. The normalized spacial score (nSPS) is 18.3. The lowest BCUT2D eigenvalue weighted by Crippen LogP contribution is -2.41. The minimum atomic E-state index is -3.82. The first kappa shape index (κ1) is 25.0. The first-order valence-corrected chi connectivity index (χ1v) is 13.7. The van der Waals surface area contributed by atoms with E-state index in [2.05, 4.69) is 0 Å². The summed E-state index contributed by atoms with van der Waals surface area (Å²) in [6, 6.07) is 25.3. The third kappa shape index (κ3) is 4.99.